The van der Waals surface area contributed by atoms with E-state index in [9.17, 15) is 14.4 Å². The zero-order valence-electron chi connectivity index (χ0n) is 15.5. The zero-order chi connectivity index (χ0) is 19.4. The summed E-state index contributed by atoms with van der Waals surface area (Å²) in [6, 6.07) is 8.32. The number of methoxy groups -OCH3 is 1. The maximum absolute atomic E-state index is 12.2. The number of carbonyl (C=O) groups is 3. The summed E-state index contributed by atoms with van der Waals surface area (Å²) in [7, 11) is 1.25. The number of amides is 1. The highest BCUT2D eigenvalue weighted by Gasteiger charge is 2.25. The molecule has 7 nitrogen and oxygen atoms in total. The van der Waals surface area contributed by atoms with Crippen LogP contribution in [0.25, 0.3) is 0 Å². The molecule has 2 unspecified atom stereocenters. The van der Waals surface area contributed by atoms with E-state index in [0.29, 0.717) is 19.3 Å². The molecule has 0 aromatic heterocycles. The molecule has 1 rings (SSSR count). The third-order valence-electron chi connectivity index (χ3n) is 3.54. The lowest BCUT2D eigenvalue weighted by atomic mass is 10.1. The Hall–Kier alpha value is -2.57. The van der Waals surface area contributed by atoms with Gasteiger partial charge in [-0.15, -0.1) is 0 Å². The van der Waals surface area contributed by atoms with Crippen molar-refractivity contribution in [2.45, 2.75) is 58.3 Å². The molecule has 1 aromatic carbocycles. The Balaban J connectivity index is 2.68. The van der Waals surface area contributed by atoms with Gasteiger partial charge < -0.3 is 19.5 Å². The summed E-state index contributed by atoms with van der Waals surface area (Å²) in [5.41, 5.74) is 0.864. The van der Waals surface area contributed by atoms with Gasteiger partial charge in [0, 0.05) is 19.3 Å². The lowest BCUT2D eigenvalue weighted by Gasteiger charge is -2.21. The molecule has 1 N–H and O–H groups in total. The van der Waals surface area contributed by atoms with Crippen LogP contribution in [0.3, 0.4) is 0 Å². The summed E-state index contributed by atoms with van der Waals surface area (Å²) in [5.74, 6) is -1.01. The second kappa shape index (κ2) is 11.9. The van der Waals surface area contributed by atoms with Gasteiger partial charge in [-0.3, -0.25) is 4.79 Å². The summed E-state index contributed by atoms with van der Waals surface area (Å²) in [6.07, 6.45) is 0.395. The van der Waals surface area contributed by atoms with Gasteiger partial charge in [0.15, 0.2) is 0 Å². The molecule has 0 radical (unpaired) electrons. The van der Waals surface area contributed by atoms with Crippen molar-refractivity contribution in [2.75, 3.05) is 7.11 Å². The van der Waals surface area contributed by atoms with Crippen molar-refractivity contribution in [1.82, 2.24) is 5.32 Å². The molecule has 0 saturated carbocycles. The Morgan fingerprint density at radius 1 is 1.04 bits per heavy atom. The van der Waals surface area contributed by atoms with E-state index in [4.69, 9.17) is 14.2 Å². The normalized spacial score (nSPS) is 12.6. The Morgan fingerprint density at radius 3 is 2.31 bits per heavy atom. The molecule has 0 saturated heterocycles. The summed E-state index contributed by atoms with van der Waals surface area (Å²) in [6.45, 7) is 3.74. The van der Waals surface area contributed by atoms with E-state index in [2.05, 4.69) is 5.32 Å². The van der Waals surface area contributed by atoms with E-state index in [1.54, 1.807) is 0 Å². The van der Waals surface area contributed by atoms with E-state index in [1.165, 1.54) is 7.11 Å². The minimum atomic E-state index is -0.978. The van der Waals surface area contributed by atoms with E-state index >= 15 is 0 Å². The van der Waals surface area contributed by atoms with Crippen LogP contribution in [0.1, 0.15) is 45.1 Å². The van der Waals surface area contributed by atoms with Gasteiger partial charge in [-0.05, 0) is 18.4 Å². The van der Waals surface area contributed by atoms with Crippen LogP contribution in [0.4, 0.5) is 4.79 Å². The number of rotatable bonds is 10. The summed E-state index contributed by atoms with van der Waals surface area (Å²) >= 11 is 0. The topological polar surface area (TPSA) is 90.9 Å². The van der Waals surface area contributed by atoms with Crippen molar-refractivity contribution in [3.8, 4) is 0 Å². The summed E-state index contributed by atoms with van der Waals surface area (Å²) < 4.78 is 15.1. The molecule has 7 heteroatoms. The average Bonchev–Trinajstić information content (AvgIpc) is 2.61. The fourth-order valence-corrected chi connectivity index (χ4v) is 2.27. The van der Waals surface area contributed by atoms with E-state index in [1.807, 2.05) is 44.2 Å². The van der Waals surface area contributed by atoms with Crippen LogP contribution in [0.5, 0.6) is 0 Å². The van der Waals surface area contributed by atoms with Crippen LogP contribution in [0.15, 0.2) is 30.3 Å². The molecule has 0 heterocycles. The minimum absolute atomic E-state index is 0.254. The van der Waals surface area contributed by atoms with Crippen molar-refractivity contribution in [2.24, 2.45) is 0 Å². The predicted octanol–water partition coefficient (Wildman–Crippen LogP) is 2.97. The largest absolute Gasteiger partial charge is 0.467 e. The highest BCUT2D eigenvalue weighted by atomic mass is 16.7. The zero-order valence-corrected chi connectivity index (χ0v) is 15.5. The maximum atomic E-state index is 12.2. The van der Waals surface area contributed by atoms with Gasteiger partial charge in [0.25, 0.3) is 0 Å². The van der Waals surface area contributed by atoms with Gasteiger partial charge in [0.2, 0.25) is 6.29 Å². The quantitative estimate of drug-likeness (QED) is 0.506. The molecular weight excluding hydrogens is 338 g/mol. The molecule has 0 aliphatic rings. The SMILES string of the molecule is CCCC(=O)OC(CCC)OC(=O)NC(Cc1ccccc1)C(=O)OC. The second-order valence-electron chi connectivity index (χ2n) is 5.77. The smallest absolute Gasteiger partial charge is 0.410 e. The van der Waals surface area contributed by atoms with Gasteiger partial charge in [0.1, 0.15) is 6.04 Å². The van der Waals surface area contributed by atoms with Crippen molar-refractivity contribution in [1.29, 1.82) is 0 Å². The van der Waals surface area contributed by atoms with Crippen molar-refractivity contribution >= 4 is 18.0 Å². The fraction of sp³-hybridized carbons (Fsp3) is 0.526. The van der Waals surface area contributed by atoms with E-state index < -0.39 is 30.4 Å². The number of nitrogens with one attached hydrogen (secondary N) is 1. The average molecular weight is 365 g/mol. The lowest BCUT2D eigenvalue weighted by molar-refractivity contribution is -0.169. The highest BCUT2D eigenvalue weighted by Crippen LogP contribution is 2.09. The number of hydrogen-bond donors (Lipinski definition) is 1. The maximum Gasteiger partial charge on any atom is 0.410 e. The Morgan fingerprint density at radius 2 is 1.73 bits per heavy atom. The third-order valence-corrected chi connectivity index (χ3v) is 3.54. The first kappa shape index (κ1) is 21.5. The lowest BCUT2D eigenvalue weighted by Crippen LogP contribution is -2.44. The molecule has 0 aliphatic carbocycles. The highest BCUT2D eigenvalue weighted by molar-refractivity contribution is 5.81. The van der Waals surface area contributed by atoms with Crippen molar-refractivity contribution in [3.63, 3.8) is 0 Å². The van der Waals surface area contributed by atoms with Gasteiger partial charge in [-0.25, -0.2) is 9.59 Å². The predicted molar refractivity (Wildman–Crippen MR) is 95.3 cm³/mol. The monoisotopic (exact) mass is 365 g/mol. The van der Waals surface area contributed by atoms with Crippen LogP contribution in [0, 0.1) is 0 Å². The molecule has 26 heavy (non-hydrogen) atoms. The molecule has 1 aromatic rings. The molecule has 0 fully saturated rings. The Bertz CT molecular complexity index is 575. The van der Waals surface area contributed by atoms with Crippen LogP contribution in [-0.4, -0.2) is 37.5 Å². The van der Waals surface area contributed by atoms with Gasteiger partial charge in [-0.1, -0.05) is 44.2 Å². The van der Waals surface area contributed by atoms with Crippen molar-refractivity contribution < 1.29 is 28.6 Å². The second-order valence-corrected chi connectivity index (χ2v) is 5.77. The van der Waals surface area contributed by atoms with Gasteiger partial charge >= 0.3 is 18.0 Å². The standard InChI is InChI=1S/C19H27NO6/c1-4-9-16(21)25-17(10-5-2)26-19(23)20-15(18(22)24-3)13-14-11-7-6-8-12-14/h6-8,11-12,15,17H,4-5,9-10,13H2,1-3H3,(H,20,23). The van der Waals surface area contributed by atoms with Crippen LogP contribution >= 0.6 is 0 Å². The number of esters is 2. The number of benzene rings is 1. The molecular formula is C19H27NO6. The van der Waals surface area contributed by atoms with Crippen LogP contribution in [0.2, 0.25) is 0 Å². The minimum Gasteiger partial charge on any atom is -0.467 e. The Kier molecular flexibility index (Phi) is 9.82. The van der Waals surface area contributed by atoms with E-state index in [0.717, 1.165) is 5.56 Å². The summed E-state index contributed by atoms with van der Waals surface area (Å²) in [5, 5.41) is 2.48. The summed E-state index contributed by atoms with van der Waals surface area (Å²) in [4.78, 5) is 35.7. The first-order valence-corrected chi connectivity index (χ1v) is 8.78. The van der Waals surface area contributed by atoms with Crippen molar-refractivity contribution in [3.05, 3.63) is 35.9 Å². The molecule has 144 valence electrons. The first-order chi connectivity index (χ1) is 12.5. The molecule has 0 spiro atoms. The number of hydrogen-bond acceptors (Lipinski definition) is 6. The van der Waals surface area contributed by atoms with Crippen LogP contribution in [-0.2, 0) is 30.2 Å². The fourth-order valence-electron chi connectivity index (χ4n) is 2.27. The number of carbonyl (C=O) groups excluding carboxylic acids is 3. The molecule has 1 amide bonds. The molecule has 0 aliphatic heterocycles. The Labute approximate surface area is 154 Å². The van der Waals surface area contributed by atoms with Gasteiger partial charge in [0.05, 0.1) is 7.11 Å². The van der Waals surface area contributed by atoms with Crippen LogP contribution < -0.4 is 5.32 Å². The molecule has 2 atom stereocenters. The number of ether oxygens (including phenoxy) is 3. The van der Waals surface area contributed by atoms with E-state index in [-0.39, 0.29) is 12.8 Å². The first-order valence-electron chi connectivity index (χ1n) is 8.78. The van der Waals surface area contributed by atoms with Gasteiger partial charge in [-0.2, -0.15) is 0 Å². The number of alkyl carbamates (subject to hydrolysis) is 1. The third kappa shape index (κ3) is 8.00. The molecule has 0 bridgehead atoms.